The molecule has 1 saturated heterocycles. The zero-order chi connectivity index (χ0) is 18.0. The lowest BCUT2D eigenvalue weighted by Crippen LogP contribution is -2.42. The molecular weight excluding hydrogens is 358 g/mol. The number of aryl methyl sites for hydroxylation is 2. The fourth-order valence-electron chi connectivity index (χ4n) is 2.90. The van der Waals surface area contributed by atoms with E-state index < -0.39 is 0 Å². The summed E-state index contributed by atoms with van der Waals surface area (Å²) in [6.45, 7) is 6.07. The van der Waals surface area contributed by atoms with Crippen LogP contribution < -0.4 is 0 Å². The number of hydrogen-bond acceptors (Lipinski definition) is 7. The number of nitrogens with zero attached hydrogens (tertiary/aromatic N) is 3. The Kier molecular flexibility index (Phi) is 5.61. The average Bonchev–Trinajstić information content (AvgIpc) is 2.94. The van der Waals surface area contributed by atoms with E-state index in [2.05, 4.69) is 16.1 Å². The summed E-state index contributed by atoms with van der Waals surface area (Å²) in [4.78, 5) is 14.2. The van der Waals surface area contributed by atoms with Crippen LogP contribution in [0.5, 0.6) is 0 Å². The Bertz CT molecular complexity index is 811. The van der Waals surface area contributed by atoms with Crippen LogP contribution in [0.25, 0.3) is 11.5 Å². The standard InChI is InChI=1S/C17H21N3O3S2/c1-11-6-12(2)8-13(7-11)15-18-20(17(24)23-15)10-19-4-5-25-14(9-19)16(21)22-3/h6-8,14H,4-5,9-10H2,1-3H3/t14-/m1/s1. The average molecular weight is 380 g/mol. The molecule has 1 aromatic carbocycles. The Morgan fingerprint density at radius 2 is 2.12 bits per heavy atom. The van der Waals surface area contributed by atoms with Gasteiger partial charge in [0.2, 0.25) is 5.89 Å². The van der Waals surface area contributed by atoms with E-state index in [1.807, 2.05) is 26.0 Å². The first kappa shape index (κ1) is 18.2. The highest BCUT2D eigenvalue weighted by Crippen LogP contribution is 2.23. The largest absolute Gasteiger partial charge is 0.468 e. The van der Waals surface area contributed by atoms with Crippen molar-refractivity contribution < 1.29 is 13.9 Å². The Morgan fingerprint density at radius 1 is 1.40 bits per heavy atom. The number of thioether (sulfide) groups is 1. The molecule has 25 heavy (non-hydrogen) atoms. The maximum Gasteiger partial charge on any atom is 0.320 e. The second-order valence-electron chi connectivity index (χ2n) is 6.15. The molecule has 2 heterocycles. The molecule has 0 unspecified atom stereocenters. The number of hydrogen-bond donors (Lipinski definition) is 0. The minimum atomic E-state index is -0.186. The van der Waals surface area contributed by atoms with Crippen molar-refractivity contribution in [1.82, 2.24) is 14.7 Å². The van der Waals surface area contributed by atoms with Gasteiger partial charge >= 0.3 is 5.97 Å². The SMILES string of the molecule is COC(=O)[C@H]1CN(Cn2nc(-c3cc(C)cc(C)c3)oc2=S)CCS1. The van der Waals surface area contributed by atoms with Gasteiger partial charge in [-0.15, -0.1) is 16.9 Å². The maximum absolute atomic E-state index is 11.8. The van der Waals surface area contributed by atoms with Gasteiger partial charge in [0.05, 0.1) is 13.8 Å². The van der Waals surface area contributed by atoms with Crippen LogP contribution in [0.2, 0.25) is 0 Å². The number of carbonyl (C=O) groups is 1. The van der Waals surface area contributed by atoms with Crippen LogP contribution in [-0.4, -0.2) is 51.9 Å². The number of methoxy groups -OCH3 is 1. The van der Waals surface area contributed by atoms with E-state index in [9.17, 15) is 4.79 Å². The quantitative estimate of drug-likeness (QED) is 0.598. The molecule has 3 rings (SSSR count). The van der Waals surface area contributed by atoms with Crippen molar-refractivity contribution in [2.45, 2.75) is 25.8 Å². The minimum absolute atomic E-state index is 0.168. The summed E-state index contributed by atoms with van der Waals surface area (Å²) < 4.78 is 12.2. The molecule has 1 fully saturated rings. The zero-order valence-corrected chi connectivity index (χ0v) is 16.2. The molecule has 0 amide bonds. The van der Waals surface area contributed by atoms with Gasteiger partial charge in [-0.2, -0.15) is 0 Å². The first-order valence-corrected chi connectivity index (χ1v) is 9.50. The van der Waals surface area contributed by atoms with E-state index in [0.717, 1.165) is 29.0 Å². The summed E-state index contributed by atoms with van der Waals surface area (Å²) in [6.07, 6.45) is 0. The molecule has 0 spiro atoms. The molecule has 1 aliphatic rings. The molecule has 8 heteroatoms. The Morgan fingerprint density at radius 3 is 2.80 bits per heavy atom. The van der Waals surface area contributed by atoms with Crippen molar-refractivity contribution in [1.29, 1.82) is 0 Å². The van der Waals surface area contributed by atoms with Gasteiger partial charge in [-0.25, -0.2) is 4.68 Å². The van der Waals surface area contributed by atoms with E-state index in [1.165, 1.54) is 7.11 Å². The number of esters is 1. The van der Waals surface area contributed by atoms with Crippen LogP contribution in [0, 0.1) is 18.7 Å². The summed E-state index contributed by atoms with van der Waals surface area (Å²) >= 11 is 6.95. The molecule has 0 radical (unpaired) electrons. The second-order valence-corrected chi connectivity index (χ2v) is 7.81. The number of benzene rings is 1. The van der Waals surface area contributed by atoms with Crippen molar-refractivity contribution in [2.75, 3.05) is 26.0 Å². The lowest BCUT2D eigenvalue weighted by Gasteiger charge is -2.30. The normalized spacial score (nSPS) is 18.3. The van der Waals surface area contributed by atoms with Crippen LogP contribution in [0.4, 0.5) is 0 Å². The van der Waals surface area contributed by atoms with Crippen LogP contribution >= 0.6 is 24.0 Å². The van der Waals surface area contributed by atoms with E-state index in [4.69, 9.17) is 21.4 Å². The molecule has 2 aromatic rings. The maximum atomic E-state index is 11.8. The van der Waals surface area contributed by atoms with E-state index in [1.54, 1.807) is 16.4 Å². The van der Waals surface area contributed by atoms with E-state index in [0.29, 0.717) is 23.9 Å². The minimum Gasteiger partial charge on any atom is -0.468 e. The fraction of sp³-hybridized carbons (Fsp3) is 0.471. The molecule has 134 valence electrons. The first-order chi connectivity index (χ1) is 12.0. The zero-order valence-electron chi connectivity index (χ0n) is 14.5. The smallest absolute Gasteiger partial charge is 0.320 e. The lowest BCUT2D eigenvalue weighted by atomic mass is 10.1. The van der Waals surface area contributed by atoms with Crippen LogP contribution in [-0.2, 0) is 16.2 Å². The predicted octanol–water partition coefficient (Wildman–Crippen LogP) is 3.04. The fourth-order valence-corrected chi connectivity index (χ4v) is 4.28. The lowest BCUT2D eigenvalue weighted by molar-refractivity contribution is -0.140. The van der Waals surface area contributed by atoms with Crippen molar-refractivity contribution >= 4 is 29.9 Å². The molecule has 1 aliphatic heterocycles. The van der Waals surface area contributed by atoms with Gasteiger partial charge in [-0.3, -0.25) is 9.69 Å². The van der Waals surface area contributed by atoms with Gasteiger partial charge < -0.3 is 9.15 Å². The molecule has 0 bridgehead atoms. The third-order valence-electron chi connectivity index (χ3n) is 4.02. The van der Waals surface area contributed by atoms with Gasteiger partial charge in [-0.05, 0) is 38.2 Å². The van der Waals surface area contributed by atoms with Crippen molar-refractivity contribution in [3.63, 3.8) is 0 Å². The van der Waals surface area contributed by atoms with Gasteiger partial charge in [0.1, 0.15) is 5.25 Å². The highest BCUT2D eigenvalue weighted by Gasteiger charge is 2.27. The summed E-state index contributed by atoms with van der Waals surface area (Å²) in [7, 11) is 1.42. The summed E-state index contributed by atoms with van der Waals surface area (Å²) in [5.74, 6) is 1.21. The van der Waals surface area contributed by atoms with Crippen molar-refractivity contribution in [3.05, 3.63) is 34.2 Å². The van der Waals surface area contributed by atoms with Gasteiger partial charge in [0, 0.05) is 24.4 Å². The van der Waals surface area contributed by atoms with Gasteiger partial charge in [0.25, 0.3) is 4.84 Å². The highest BCUT2D eigenvalue weighted by molar-refractivity contribution is 8.00. The summed E-state index contributed by atoms with van der Waals surface area (Å²) in [5.41, 5.74) is 3.23. The Hall–Kier alpha value is -1.64. The predicted molar refractivity (Wildman–Crippen MR) is 100 cm³/mol. The monoisotopic (exact) mass is 379 g/mol. The second kappa shape index (κ2) is 7.72. The molecule has 0 N–H and O–H groups in total. The third kappa shape index (κ3) is 4.31. The number of carbonyl (C=O) groups excluding carboxylic acids is 1. The highest BCUT2D eigenvalue weighted by atomic mass is 32.2. The molecule has 1 atom stereocenters. The van der Waals surface area contributed by atoms with E-state index in [-0.39, 0.29) is 11.2 Å². The first-order valence-electron chi connectivity index (χ1n) is 8.04. The van der Waals surface area contributed by atoms with Crippen molar-refractivity contribution in [2.24, 2.45) is 0 Å². The number of rotatable bonds is 4. The Labute approximate surface area is 156 Å². The topological polar surface area (TPSA) is 60.5 Å². The molecule has 1 aromatic heterocycles. The van der Waals surface area contributed by atoms with Gasteiger partial charge in [-0.1, -0.05) is 17.2 Å². The molecule has 6 nitrogen and oxygen atoms in total. The van der Waals surface area contributed by atoms with Crippen LogP contribution in [0.15, 0.2) is 22.6 Å². The van der Waals surface area contributed by atoms with Crippen LogP contribution in [0.1, 0.15) is 11.1 Å². The molecule has 0 saturated carbocycles. The number of ether oxygens (including phenoxy) is 1. The van der Waals surface area contributed by atoms with Crippen molar-refractivity contribution in [3.8, 4) is 11.5 Å². The molecule has 0 aliphatic carbocycles. The Balaban J connectivity index is 1.77. The van der Waals surface area contributed by atoms with Crippen LogP contribution in [0.3, 0.4) is 0 Å². The van der Waals surface area contributed by atoms with Gasteiger partial charge in [0.15, 0.2) is 0 Å². The third-order valence-corrected chi connectivity index (χ3v) is 5.48. The summed E-state index contributed by atoms with van der Waals surface area (Å²) in [5, 5.41) is 4.36. The van der Waals surface area contributed by atoms with E-state index >= 15 is 0 Å². The number of aromatic nitrogens is 2. The summed E-state index contributed by atoms with van der Waals surface area (Å²) in [6, 6.07) is 6.17. The molecular formula is C17H21N3O3S2.